The molecule has 0 aliphatic rings. The van der Waals surface area contributed by atoms with E-state index in [0.29, 0.717) is 11.5 Å². The minimum atomic E-state index is -1.33. The van der Waals surface area contributed by atoms with E-state index in [-0.39, 0.29) is 6.42 Å². The SMILES string of the molecule is Bc1ccccc1C(/N=C(\N)c1ccc(C)cc1)NC(=C)c1ccc(C)cc1CC(C)(O)C(C)(C)O. The van der Waals surface area contributed by atoms with Gasteiger partial charge in [-0.25, -0.2) is 4.99 Å². The van der Waals surface area contributed by atoms with E-state index in [0.717, 1.165) is 38.8 Å². The Morgan fingerprint density at radius 2 is 1.61 bits per heavy atom. The van der Waals surface area contributed by atoms with E-state index in [2.05, 4.69) is 11.9 Å². The van der Waals surface area contributed by atoms with Crippen molar-refractivity contribution >= 4 is 24.8 Å². The van der Waals surface area contributed by atoms with Crippen LogP contribution in [0.25, 0.3) is 5.70 Å². The molecule has 5 N–H and O–H groups in total. The number of aliphatic imine (C=N–C) groups is 1. The number of nitrogens with one attached hydrogen (secondary N) is 1. The van der Waals surface area contributed by atoms with Crippen LogP contribution in [0.5, 0.6) is 0 Å². The standard InChI is InChI=1S/C30H38BN3O2/c1-19-11-14-22(15-12-19)27(32)34-28(25-9-7-8-10-26(25)31)33-21(3)24-16-13-20(2)17-23(24)18-30(6,36)29(4,5)35/h7-17,28,33,35-36H,3,18,31H2,1-2,4-6H3,(H2,32,34). The number of benzene rings is 3. The Kier molecular flexibility index (Phi) is 8.12. The van der Waals surface area contributed by atoms with Crippen molar-refractivity contribution < 1.29 is 10.2 Å². The third-order valence-electron chi connectivity index (χ3n) is 6.85. The van der Waals surface area contributed by atoms with Gasteiger partial charge in [-0.15, -0.1) is 0 Å². The maximum atomic E-state index is 11.0. The fourth-order valence-corrected chi connectivity index (χ4v) is 4.00. The van der Waals surface area contributed by atoms with Gasteiger partial charge >= 0.3 is 0 Å². The van der Waals surface area contributed by atoms with E-state index >= 15 is 0 Å². The van der Waals surface area contributed by atoms with Gasteiger partial charge in [-0.05, 0) is 45.7 Å². The highest BCUT2D eigenvalue weighted by molar-refractivity contribution is 6.33. The van der Waals surface area contributed by atoms with Crippen LogP contribution in [-0.2, 0) is 6.42 Å². The molecule has 3 aromatic rings. The quantitative estimate of drug-likeness (QED) is 0.214. The van der Waals surface area contributed by atoms with Gasteiger partial charge in [-0.2, -0.15) is 0 Å². The van der Waals surface area contributed by atoms with Crippen molar-refractivity contribution in [2.45, 2.75) is 58.4 Å². The maximum Gasteiger partial charge on any atom is 0.146 e. The Morgan fingerprint density at radius 3 is 2.22 bits per heavy atom. The van der Waals surface area contributed by atoms with Crippen molar-refractivity contribution in [1.82, 2.24) is 5.32 Å². The molecule has 0 amide bonds. The Labute approximate surface area is 216 Å². The minimum absolute atomic E-state index is 0.262. The van der Waals surface area contributed by atoms with Crippen LogP contribution in [0.2, 0.25) is 0 Å². The number of hydrogen-bond acceptors (Lipinski definition) is 4. The second-order valence-electron chi connectivity index (χ2n) is 10.4. The Balaban J connectivity index is 2.01. The van der Waals surface area contributed by atoms with E-state index in [1.54, 1.807) is 20.8 Å². The van der Waals surface area contributed by atoms with Crippen LogP contribution in [0.15, 0.2) is 78.3 Å². The highest BCUT2D eigenvalue weighted by Gasteiger charge is 2.38. The van der Waals surface area contributed by atoms with Crippen LogP contribution >= 0.6 is 0 Å². The van der Waals surface area contributed by atoms with Crippen LogP contribution in [0.1, 0.15) is 60.3 Å². The summed E-state index contributed by atoms with van der Waals surface area (Å²) in [6.45, 7) is 13.3. The number of amidine groups is 1. The monoisotopic (exact) mass is 483 g/mol. The fraction of sp³-hybridized carbons (Fsp3) is 0.300. The maximum absolute atomic E-state index is 11.0. The minimum Gasteiger partial charge on any atom is -0.387 e. The number of hydrogen-bond donors (Lipinski definition) is 4. The third-order valence-corrected chi connectivity index (χ3v) is 6.85. The molecule has 0 bridgehead atoms. The Morgan fingerprint density at radius 1 is 1.00 bits per heavy atom. The summed E-state index contributed by atoms with van der Waals surface area (Å²) in [5, 5.41) is 25.0. The lowest BCUT2D eigenvalue weighted by molar-refractivity contribution is -0.118. The molecule has 3 aromatic carbocycles. The summed E-state index contributed by atoms with van der Waals surface area (Å²) in [6.07, 6.45) is -0.207. The summed E-state index contributed by atoms with van der Waals surface area (Å²) >= 11 is 0. The van der Waals surface area contributed by atoms with Gasteiger partial charge in [0.1, 0.15) is 19.8 Å². The molecule has 5 nitrogen and oxygen atoms in total. The summed E-state index contributed by atoms with van der Waals surface area (Å²) in [7, 11) is 2.04. The van der Waals surface area contributed by atoms with E-state index in [9.17, 15) is 10.2 Å². The van der Waals surface area contributed by atoms with Crippen LogP contribution in [0.4, 0.5) is 0 Å². The van der Waals surface area contributed by atoms with Gasteiger partial charge in [0.25, 0.3) is 0 Å². The molecule has 188 valence electrons. The Bertz CT molecular complexity index is 1260. The highest BCUT2D eigenvalue weighted by Crippen LogP contribution is 2.30. The van der Waals surface area contributed by atoms with Gasteiger partial charge in [0, 0.05) is 23.2 Å². The second kappa shape index (κ2) is 10.7. The summed E-state index contributed by atoms with van der Waals surface area (Å²) in [4.78, 5) is 4.87. The van der Waals surface area contributed by atoms with Gasteiger partial charge < -0.3 is 21.3 Å². The largest absolute Gasteiger partial charge is 0.387 e. The lowest BCUT2D eigenvalue weighted by Crippen LogP contribution is -2.49. The van der Waals surface area contributed by atoms with Crippen LogP contribution in [0, 0.1) is 13.8 Å². The molecule has 2 atom stereocenters. The molecule has 0 saturated heterocycles. The van der Waals surface area contributed by atoms with Crippen LogP contribution in [-0.4, -0.2) is 35.1 Å². The molecule has 0 fully saturated rings. The molecule has 36 heavy (non-hydrogen) atoms. The molecule has 0 heterocycles. The average molecular weight is 483 g/mol. The van der Waals surface area contributed by atoms with Gasteiger partial charge in [0.2, 0.25) is 0 Å². The van der Waals surface area contributed by atoms with Crippen molar-refractivity contribution in [3.8, 4) is 0 Å². The molecule has 0 aliphatic heterocycles. The van der Waals surface area contributed by atoms with Crippen molar-refractivity contribution in [2.75, 3.05) is 0 Å². The van der Waals surface area contributed by atoms with Crippen molar-refractivity contribution in [2.24, 2.45) is 10.7 Å². The zero-order valence-electron chi connectivity index (χ0n) is 22.3. The third kappa shape index (κ3) is 6.45. The molecule has 3 rings (SSSR count). The first-order valence-corrected chi connectivity index (χ1v) is 12.2. The molecule has 6 heteroatoms. The summed E-state index contributed by atoms with van der Waals surface area (Å²) in [5.74, 6) is 0.428. The Hall–Kier alpha value is -3.35. The first-order valence-electron chi connectivity index (χ1n) is 12.2. The summed E-state index contributed by atoms with van der Waals surface area (Å²) in [6, 6.07) is 22.0. The zero-order valence-corrected chi connectivity index (χ0v) is 22.3. The molecule has 0 radical (unpaired) electrons. The first kappa shape index (κ1) is 27.2. The molecule has 0 aliphatic carbocycles. The van der Waals surface area contributed by atoms with Crippen molar-refractivity contribution in [3.05, 3.63) is 107 Å². The summed E-state index contributed by atoms with van der Waals surface area (Å²) < 4.78 is 0. The van der Waals surface area contributed by atoms with Crippen molar-refractivity contribution in [3.63, 3.8) is 0 Å². The topological polar surface area (TPSA) is 90.9 Å². The molecule has 2 unspecified atom stereocenters. The zero-order chi connectivity index (χ0) is 26.7. The normalized spacial score (nSPS) is 14.7. The van der Waals surface area contributed by atoms with E-state index in [1.165, 1.54) is 0 Å². The van der Waals surface area contributed by atoms with E-state index in [4.69, 9.17) is 10.7 Å². The number of aryl methyl sites for hydroxylation is 2. The molecule has 0 spiro atoms. The molecular formula is C30H38BN3O2. The molecule has 0 saturated carbocycles. The molecular weight excluding hydrogens is 445 g/mol. The van der Waals surface area contributed by atoms with Crippen LogP contribution in [0.3, 0.4) is 0 Å². The van der Waals surface area contributed by atoms with Gasteiger partial charge in [-0.3, -0.25) is 0 Å². The number of nitrogens with two attached hydrogens (primary N) is 1. The number of nitrogens with zero attached hydrogens (tertiary/aromatic N) is 1. The van der Waals surface area contributed by atoms with Gasteiger partial charge in [-0.1, -0.05) is 89.9 Å². The van der Waals surface area contributed by atoms with Crippen molar-refractivity contribution in [1.29, 1.82) is 0 Å². The highest BCUT2D eigenvalue weighted by atomic mass is 16.3. The van der Waals surface area contributed by atoms with Gasteiger partial charge in [0.05, 0.1) is 11.2 Å². The average Bonchev–Trinajstić information content (AvgIpc) is 2.78. The fourth-order valence-electron chi connectivity index (χ4n) is 4.00. The lowest BCUT2D eigenvalue weighted by Gasteiger charge is -2.36. The summed E-state index contributed by atoms with van der Waals surface area (Å²) in [5.41, 5.74) is 11.4. The lowest BCUT2D eigenvalue weighted by atomic mass is 9.81. The first-order chi connectivity index (χ1) is 16.8. The van der Waals surface area contributed by atoms with Crippen LogP contribution < -0.4 is 16.5 Å². The molecule has 0 aromatic heterocycles. The second-order valence-corrected chi connectivity index (χ2v) is 10.4. The van der Waals surface area contributed by atoms with E-state index < -0.39 is 17.4 Å². The van der Waals surface area contributed by atoms with E-state index in [1.807, 2.05) is 88.4 Å². The van der Waals surface area contributed by atoms with Gasteiger partial charge in [0.15, 0.2) is 0 Å². The predicted molar refractivity (Wildman–Crippen MR) is 153 cm³/mol. The number of aliphatic hydroxyl groups is 2. The number of rotatable bonds is 9. The predicted octanol–water partition coefficient (Wildman–Crippen LogP) is 3.29. The smallest absolute Gasteiger partial charge is 0.146 e.